The summed E-state index contributed by atoms with van der Waals surface area (Å²) >= 11 is 0. The third-order valence-corrected chi connectivity index (χ3v) is 9.89. The molecule has 5 rings (SSSR count). The minimum atomic E-state index is -1.07. The van der Waals surface area contributed by atoms with Crippen LogP contribution in [0.3, 0.4) is 0 Å². The largest absolute Gasteiger partial charge is 0.458 e. The average molecular weight is 447 g/mol. The van der Waals surface area contributed by atoms with Crippen molar-refractivity contribution in [2.75, 3.05) is 6.61 Å². The molecule has 0 aromatic heterocycles. The number of fused-ring (bicyclic) bond motifs is 7. The van der Waals surface area contributed by atoms with E-state index in [0.717, 1.165) is 44.9 Å². The predicted molar refractivity (Wildman–Crippen MR) is 118 cm³/mol. The van der Waals surface area contributed by atoms with Gasteiger partial charge < -0.3 is 19.3 Å². The van der Waals surface area contributed by atoms with E-state index in [1.165, 1.54) is 12.5 Å². The maximum atomic E-state index is 13.7. The molecule has 0 unspecified atom stereocenters. The Morgan fingerprint density at radius 2 is 1.91 bits per heavy atom. The molecule has 0 aromatic carbocycles. The molecule has 4 fully saturated rings. The molecule has 6 heteroatoms. The van der Waals surface area contributed by atoms with Crippen molar-refractivity contribution in [3.63, 3.8) is 0 Å². The van der Waals surface area contributed by atoms with Gasteiger partial charge in [0.15, 0.2) is 18.0 Å². The third-order valence-electron chi connectivity index (χ3n) is 9.89. The Morgan fingerprint density at radius 1 is 1.16 bits per heavy atom. The maximum absolute atomic E-state index is 13.7. The highest BCUT2D eigenvalue weighted by molar-refractivity contribution is 5.92. The van der Waals surface area contributed by atoms with Gasteiger partial charge in [-0.3, -0.25) is 9.59 Å². The lowest BCUT2D eigenvalue weighted by molar-refractivity contribution is -0.215. The summed E-state index contributed by atoms with van der Waals surface area (Å²) in [6, 6.07) is 0. The fourth-order valence-corrected chi connectivity index (χ4v) is 8.52. The van der Waals surface area contributed by atoms with Crippen molar-refractivity contribution < 1.29 is 28.9 Å². The lowest BCUT2D eigenvalue weighted by atomic mass is 9.46. The summed E-state index contributed by atoms with van der Waals surface area (Å²) in [6.07, 6.45) is 8.29. The fraction of sp³-hybridized carbons (Fsp3) is 0.846. The first-order valence-corrected chi connectivity index (χ1v) is 12.4. The Balaban J connectivity index is 1.51. The van der Waals surface area contributed by atoms with Gasteiger partial charge in [0.2, 0.25) is 5.78 Å². The van der Waals surface area contributed by atoms with E-state index < -0.39 is 17.4 Å². The Hall–Kier alpha value is -1.24. The van der Waals surface area contributed by atoms with Gasteiger partial charge in [-0.15, -0.1) is 0 Å². The van der Waals surface area contributed by atoms with E-state index in [0.29, 0.717) is 17.8 Å². The smallest absolute Gasteiger partial charge is 0.303 e. The number of allylic oxidation sites excluding steroid dienone is 1. The Morgan fingerprint density at radius 3 is 2.62 bits per heavy atom. The number of esters is 1. The van der Waals surface area contributed by atoms with Crippen molar-refractivity contribution in [1.82, 2.24) is 0 Å². The maximum Gasteiger partial charge on any atom is 0.303 e. The van der Waals surface area contributed by atoms with E-state index in [-0.39, 0.29) is 35.4 Å². The zero-order valence-electron chi connectivity index (χ0n) is 20.1. The summed E-state index contributed by atoms with van der Waals surface area (Å²) in [5.41, 5.74) is 0.139. The standard InChI is InChI=1S/C26H38O6/c1-15(27)30-14-21(29)26-22(31-23(2,3)32-26)13-20-18-7-6-16-12-17(28)8-10-24(16,4)19(18)9-11-25(20,26)5/h6,17-20,22,28H,7-14H2,1-5H3/t17-,18-,19+,20-,22+,24-,25-,26+/m0/s1. The number of hydrogen-bond acceptors (Lipinski definition) is 6. The average Bonchev–Trinajstić information content (AvgIpc) is 3.12. The van der Waals surface area contributed by atoms with Gasteiger partial charge in [-0.25, -0.2) is 0 Å². The van der Waals surface area contributed by atoms with Crippen molar-refractivity contribution >= 4 is 11.8 Å². The van der Waals surface area contributed by atoms with Gasteiger partial charge in [0.1, 0.15) is 0 Å². The van der Waals surface area contributed by atoms with Gasteiger partial charge >= 0.3 is 5.97 Å². The van der Waals surface area contributed by atoms with Crippen LogP contribution in [0.2, 0.25) is 0 Å². The number of aliphatic hydroxyl groups is 1. The van der Waals surface area contributed by atoms with Crippen LogP contribution in [-0.4, -0.2) is 47.1 Å². The molecule has 6 nitrogen and oxygen atoms in total. The second-order valence-corrected chi connectivity index (χ2v) is 11.9. The normalized spacial score (nSPS) is 48.7. The first-order valence-electron chi connectivity index (χ1n) is 12.4. The highest BCUT2D eigenvalue weighted by Gasteiger charge is 2.75. The lowest BCUT2D eigenvalue weighted by Crippen LogP contribution is -2.61. The Bertz CT molecular complexity index is 862. The minimum absolute atomic E-state index is 0.136. The highest BCUT2D eigenvalue weighted by Crippen LogP contribution is 2.70. The highest BCUT2D eigenvalue weighted by atomic mass is 16.8. The van der Waals surface area contributed by atoms with Crippen molar-refractivity contribution in [2.45, 2.75) is 103 Å². The first kappa shape index (κ1) is 22.5. The molecule has 4 aliphatic carbocycles. The van der Waals surface area contributed by atoms with Crippen molar-refractivity contribution in [3.8, 4) is 0 Å². The monoisotopic (exact) mass is 446 g/mol. The lowest BCUT2D eigenvalue weighted by Gasteiger charge is -2.59. The summed E-state index contributed by atoms with van der Waals surface area (Å²) in [4.78, 5) is 25.1. The van der Waals surface area contributed by atoms with E-state index in [9.17, 15) is 14.7 Å². The van der Waals surface area contributed by atoms with Gasteiger partial charge in [-0.2, -0.15) is 0 Å². The van der Waals surface area contributed by atoms with Gasteiger partial charge in [0, 0.05) is 12.3 Å². The number of carbonyl (C=O) groups excluding carboxylic acids is 2. The van der Waals surface area contributed by atoms with E-state index in [2.05, 4.69) is 19.9 Å². The molecule has 178 valence electrons. The molecule has 0 amide bonds. The van der Waals surface area contributed by atoms with E-state index in [1.54, 1.807) is 0 Å². The van der Waals surface area contributed by atoms with Crippen LogP contribution >= 0.6 is 0 Å². The van der Waals surface area contributed by atoms with E-state index in [1.807, 2.05) is 13.8 Å². The molecule has 1 N–H and O–H groups in total. The van der Waals surface area contributed by atoms with Gasteiger partial charge in [0.05, 0.1) is 12.2 Å². The van der Waals surface area contributed by atoms with Crippen molar-refractivity contribution in [3.05, 3.63) is 11.6 Å². The molecule has 8 atom stereocenters. The molecule has 1 saturated heterocycles. The second-order valence-electron chi connectivity index (χ2n) is 11.9. The fourth-order valence-electron chi connectivity index (χ4n) is 8.52. The van der Waals surface area contributed by atoms with Gasteiger partial charge in [-0.05, 0) is 82.0 Å². The van der Waals surface area contributed by atoms with Crippen LogP contribution in [0, 0.1) is 28.6 Å². The van der Waals surface area contributed by atoms with Crippen LogP contribution in [0.5, 0.6) is 0 Å². The minimum Gasteiger partial charge on any atom is -0.458 e. The van der Waals surface area contributed by atoms with Crippen LogP contribution in [0.15, 0.2) is 11.6 Å². The molecule has 0 aromatic rings. The molecule has 1 heterocycles. The van der Waals surface area contributed by atoms with Crippen LogP contribution < -0.4 is 0 Å². The molecular formula is C26H38O6. The van der Waals surface area contributed by atoms with E-state index in [4.69, 9.17) is 14.2 Å². The molecule has 32 heavy (non-hydrogen) atoms. The predicted octanol–water partition coefficient (Wildman–Crippen LogP) is 3.94. The molecule has 5 aliphatic rings. The van der Waals surface area contributed by atoms with Crippen LogP contribution in [0.1, 0.15) is 79.6 Å². The number of hydrogen-bond donors (Lipinski definition) is 1. The quantitative estimate of drug-likeness (QED) is 0.522. The second kappa shape index (κ2) is 7.13. The van der Waals surface area contributed by atoms with E-state index >= 15 is 0 Å². The molecule has 0 bridgehead atoms. The zero-order valence-corrected chi connectivity index (χ0v) is 20.1. The Kier molecular flexibility index (Phi) is 5.02. The first-order chi connectivity index (χ1) is 14.9. The molecule has 0 radical (unpaired) electrons. The van der Waals surface area contributed by atoms with Crippen LogP contribution in [0.25, 0.3) is 0 Å². The number of rotatable bonds is 3. The van der Waals surface area contributed by atoms with Crippen molar-refractivity contribution in [2.24, 2.45) is 28.6 Å². The summed E-state index contributed by atoms with van der Waals surface area (Å²) in [6.45, 7) is 9.44. The van der Waals surface area contributed by atoms with Gasteiger partial charge in [-0.1, -0.05) is 25.5 Å². The number of ether oxygens (including phenoxy) is 3. The number of ketones is 1. The number of Topliss-reactive ketones (excluding diaryl/α,β-unsaturated/α-hetero) is 1. The topological polar surface area (TPSA) is 82.1 Å². The summed E-state index contributed by atoms with van der Waals surface area (Å²) in [5.74, 6) is -0.120. The molecule has 1 aliphatic heterocycles. The summed E-state index contributed by atoms with van der Waals surface area (Å²) < 4.78 is 18.1. The molecular weight excluding hydrogens is 408 g/mol. The summed E-state index contributed by atoms with van der Waals surface area (Å²) in [7, 11) is 0. The molecule has 3 saturated carbocycles. The summed E-state index contributed by atoms with van der Waals surface area (Å²) in [5, 5.41) is 10.2. The van der Waals surface area contributed by atoms with Crippen molar-refractivity contribution in [1.29, 1.82) is 0 Å². The van der Waals surface area contributed by atoms with Gasteiger partial charge in [0.25, 0.3) is 0 Å². The molecule has 0 spiro atoms. The number of aliphatic hydroxyl groups excluding tert-OH is 1. The zero-order chi connectivity index (χ0) is 23.1. The van der Waals surface area contributed by atoms with Crippen LogP contribution in [0.4, 0.5) is 0 Å². The number of carbonyl (C=O) groups is 2. The third kappa shape index (κ3) is 2.94. The Labute approximate surface area is 191 Å². The van der Waals surface area contributed by atoms with Crippen LogP contribution in [-0.2, 0) is 23.8 Å². The SMILES string of the molecule is CC(=O)OCC(=O)[C@@]12OC(C)(C)O[C@@H]1C[C@H]1[C@H]3CC=C4C[C@@H](O)CC[C@]4(C)[C@@H]3CC[C@@]12C.